The first-order valence-electron chi connectivity index (χ1n) is 11.5. The van der Waals surface area contributed by atoms with E-state index in [9.17, 15) is 9.18 Å². The van der Waals surface area contributed by atoms with Crippen LogP contribution in [-0.2, 0) is 9.47 Å². The number of carbonyl (C=O) groups excluding carboxylic acids is 1. The first kappa shape index (κ1) is 22.7. The molecular weight excluding hydrogens is 407 g/mol. The van der Waals surface area contributed by atoms with Gasteiger partial charge in [0.05, 0.1) is 30.5 Å². The van der Waals surface area contributed by atoms with Crippen LogP contribution in [0.25, 0.3) is 0 Å². The number of allylic oxidation sites excluding steroid dienone is 2. The second-order valence-electron chi connectivity index (χ2n) is 8.66. The first-order chi connectivity index (χ1) is 15.5. The van der Waals surface area contributed by atoms with Crippen molar-refractivity contribution in [3.63, 3.8) is 0 Å². The van der Waals surface area contributed by atoms with Crippen LogP contribution >= 0.6 is 0 Å². The number of halogens is 1. The van der Waals surface area contributed by atoms with Gasteiger partial charge in [-0.2, -0.15) is 0 Å². The van der Waals surface area contributed by atoms with Crippen molar-refractivity contribution in [1.29, 1.82) is 0 Å². The normalized spacial score (nSPS) is 25.8. The van der Waals surface area contributed by atoms with Crippen molar-refractivity contribution in [2.75, 3.05) is 13.7 Å². The van der Waals surface area contributed by atoms with E-state index in [1.54, 1.807) is 0 Å². The number of hydrogen-bond donors (Lipinski definition) is 0. The molecule has 0 aromatic heterocycles. The van der Waals surface area contributed by atoms with Gasteiger partial charge in [-0.1, -0.05) is 36.4 Å². The van der Waals surface area contributed by atoms with Crippen LogP contribution in [0.1, 0.15) is 67.5 Å². The molecule has 0 N–H and O–H groups in total. The van der Waals surface area contributed by atoms with Crippen molar-refractivity contribution in [2.45, 2.75) is 63.3 Å². The molecule has 32 heavy (non-hydrogen) atoms. The van der Waals surface area contributed by atoms with E-state index in [0.29, 0.717) is 37.2 Å². The van der Waals surface area contributed by atoms with Crippen LogP contribution in [-0.4, -0.2) is 31.2 Å². The quantitative estimate of drug-likeness (QED) is 0.503. The second kappa shape index (κ2) is 9.97. The molecule has 3 unspecified atom stereocenters. The summed E-state index contributed by atoms with van der Waals surface area (Å²) in [6.45, 7) is 2.69. The van der Waals surface area contributed by atoms with E-state index in [0.717, 1.165) is 24.8 Å². The lowest BCUT2D eigenvalue weighted by Gasteiger charge is -2.44. The van der Waals surface area contributed by atoms with E-state index in [1.807, 2.05) is 31.2 Å². The predicted octanol–water partition coefficient (Wildman–Crippen LogP) is 6.21. The van der Waals surface area contributed by atoms with E-state index in [2.05, 4.69) is 12.1 Å². The molecule has 1 spiro atoms. The number of ketones is 1. The highest BCUT2D eigenvalue weighted by atomic mass is 19.1. The van der Waals surface area contributed by atoms with Crippen LogP contribution in [0.2, 0.25) is 0 Å². The Balaban J connectivity index is 1.53. The van der Waals surface area contributed by atoms with Crippen LogP contribution in [0.5, 0.6) is 5.75 Å². The van der Waals surface area contributed by atoms with Crippen molar-refractivity contribution >= 4 is 5.78 Å². The largest absolute Gasteiger partial charge is 0.497 e. The molecule has 1 fully saturated rings. The summed E-state index contributed by atoms with van der Waals surface area (Å²) >= 11 is 0. The molecule has 0 radical (unpaired) electrons. The molecule has 2 aromatic rings. The van der Waals surface area contributed by atoms with Gasteiger partial charge in [-0.3, -0.25) is 4.79 Å². The Hall–Kier alpha value is -2.50. The van der Waals surface area contributed by atoms with Gasteiger partial charge < -0.3 is 14.2 Å². The fourth-order valence-electron chi connectivity index (χ4n) is 4.98. The van der Waals surface area contributed by atoms with Gasteiger partial charge in [0.1, 0.15) is 11.6 Å². The van der Waals surface area contributed by atoms with E-state index in [1.165, 1.54) is 25.3 Å². The van der Waals surface area contributed by atoms with Gasteiger partial charge in [0, 0.05) is 19.4 Å². The van der Waals surface area contributed by atoms with Gasteiger partial charge in [0.2, 0.25) is 0 Å². The van der Waals surface area contributed by atoms with Crippen molar-refractivity contribution in [2.24, 2.45) is 0 Å². The lowest BCUT2D eigenvalue weighted by molar-refractivity contribution is -0.180. The second-order valence-corrected chi connectivity index (χ2v) is 8.66. The summed E-state index contributed by atoms with van der Waals surface area (Å²) in [6, 6.07) is 14.6. The smallest absolute Gasteiger partial charge is 0.191 e. The summed E-state index contributed by atoms with van der Waals surface area (Å²) in [5.41, 5.74) is 1.51. The monoisotopic (exact) mass is 438 g/mol. The Kier molecular flexibility index (Phi) is 7.07. The summed E-state index contributed by atoms with van der Waals surface area (Å²) in [5, 5.41) is 0. The molecule has 0 bridgehead atoms. The predicted molar refractivity (Wildman–Crippen MR) is 121 cm³/mol. The van der Waals surface area contributed by atoms with Crippen molar-refractivity contribution < 1.29 is 23.4 Å². The number of benzene rings is 2. The zero-order valence-corrected chi connectivity index (χ0v) is 18.8. The third-order valence-corrected chi connectivity index (χ3v) is 6.59. The van der Waals surface area contributed by atoms with Gasteiger partial charge in [-0.15, -0.1) is 0 Å². The fraction of sp³-hybridized carbons (Fsp3) is 0.444. The van der Waals surface area contributed by atoms with Crippen LogP contribution in [0, 0.1) is 5.82 Å². The van der Waals surface area contributed by atoms with Crippen LogP contribution in [0.3, 0.4) is 0 Å². The molecule has 1 heterocycles. The average molecular weight is 439 g/mol. The lowest BCUT2D eigenvalue weighted by Crippen LogP contribution is -2.44. The van der Waals surface area contributed by atoms with Crippen molar-refractivity contribution in [3.8, 4) is 5.75 Å². The molecule has 2 aromatic carbocycles. The zero-order valence-electron chi connectivity index (χ0n) is 18.8. The average Bonchev–Trinajstić information content (AvgIpc) is 3.02. The molecule has 3 atom stereocenters. The minimum absolute atomic E-state index is 0.0328. The summed E-state index contributed by atoms with van der Waals surface area (Å²) in [5.74, 6) is -0.318. The Morgan fingerprint density at radius 3 is 2.75 bits per heavy atom. The molecule has 1 saturated heterocycles. The number of methoxy groups -OCH3 is 1. The van der Waals surface area contributed by atoms with E-state index in [4.69, 9.17) is 14.2 Å². The molecule has 170 valence electrons. The van der Waals surface area contributed by atoms with Crippen molar-refractivity contribution in [1.82, 2.24) is 0 Å². The van der Waals surface area contributed by atoms with E-state index < -0.39 is 5.82 Å². The first-order valence-corrected chi connectivity index (χ1v) is 11.5. The molecule has 2 aliphatic rings. The highest BCUT2D eigenvalue weighted by Gasteiger charge is 2.43. The Morgan fingerprint density at radius 1 is 1.19 bits per heavy atom. The molecule has 5 heteroatoms. The molecular formula is C27H31FO4. The maximum absolute atomic E-state index is 14.4. The van der Waals surface area contributed by atoms with Gasteiger partial charge in [0.15, 0.2) is 5.78 Å². The van der Waals surface area contributed by atoms with E-state index in [-0.39, 0.29) is 29.2 Å². The van der Waals surface area contributed by atoms with E-state index >= 15 is 0 Å². The van der Waals surface area contributed by atoms with Crippen molar-refractivity contribution in [3.05, 3.63) is 77.1 Å². The van der Waals surface area contributed by atoms with Gasteiger partial charge in [-0.05, 0) is 61.9 Å². The minimum atomic E-state index is -0.523. The Morgan fingerprint density at radius 2 is 2.00 bits per heavy atom. The van der Waals surface area contributed by atoms with Crippen LogP contribution < -0.4 is 4.74 Å². The molecule has 0 saturated carbocycles. The van der Waals surface area contributed by atoms with Gasteiger partial charge in [0.25, 0.3) is 0 Å². The van der Waals surface area contributed by atoms with Crippen LogP contribution in [0.4, 0.5) is 4.39 Å². The topological polar surface area (TPSA) is 44.8 Å². The number of rotatable bonds is 6. The molecule has 1 aliphatic heterocycles. The molecule has 1 aliphatic carbocycles. The summed E-state index contributed by atoms with van der Waals surface area (Å²) in [4.78, 5) is 13.1. The molecule has 4 rings (SSSR count). The molecule has 0 amide bonds. The number of ether oxygens (including phenoxy) is 3. The summed E-state index contributed by atoms with van der Waals surface area (Å²) < 4.78 is 32.4. The minimum Gasteiger partial charge on any atom is -0.497 e. The highest BCUT2D eigenvalue weighted by Crippen LogP contribution is 2.45. The van der Waals surface area contributed by atoms with Gasteiger partial charge in [-0.25, -0.2) is 4.39 Å². The van der Waals surface area contributed by atoms with Gasteiger partial charge >= 0.3 is 0 Å². The number of Topliss-reactive ketones (excluding diaryl/α,β-unsaturated/α-hetero) is 1. The number of carbonyl (C=O) groups is 1. The summed E-state index contributed by atoms with van der Waals surface area (Å²) in [7, 11) is 1.51. The lowest BCUT2D eigenvalue weighted by atomic mass is 9.81. The third-order valence-electron chi connectivity index (χ3n) is 6.59. The number of hydrogen-bond acceptors (Lipinski definition) is 4. The maximum atomic E-state index is 14.4. The Bertz CT molecular complexity index is 971. The zero-order chi connectivity index (χ0) is 22.6. The SMILES string of the molecule is CCOC1CC(c2ccccc2)OC2(CCC=C(C(=O)c3cc(OC)ccc3F)CC2)C1. The highest BCUT2D eigenvalue weighted by molar-refractivity contribution is 6.09. The molecule has 4 nitrogen and oxygen atoms in total. The Labute approximate surface area is 189 Å². The third kappa shape index (κ3) is 4.94. The standard InChI is InChI=1S/C27H31FO4/c1-3-31-22-17-25(19-8-5-4-6-9-19)32-27(18-22)14-7-10-20(13-15-27)26(29)23-16-21(30-2)11-12-24(23)28/h4-6,8-12,16,22,25H,3,7,13-15,17-18H2,1-2H3. The fourth-order valence-corrected chi connectivity index (χ4v) is 4.98. The van der Waals surface area contributed by atoms with Crippen LogP contribution in [0.15, 0.2) is 60.2 Å². The maximum Gasteiger partial charge on any atom is 0.191 e. The summed E-state index contributed by atoms with van der Waals surface area (Å²) in [6.07, 6.45) is 6.48.